The molecule has 1 aliphatic rings. The molecule has 20 heavy (non-hydrogen) atoms. The Hall–Kier alpha value is -0.610. The van der Waals surface area contributed by atoms with Crippen LogP contribution in [0.4, 0.5) is 5.13 Å². The van der Waals surface area contributed by atoms with Gasteiger partial charge in [0.15, 0.2) is 5.13 Å². The molecule has 1 aliphatic heterocycles. The maximum absolute atomic E-state index is 4.81. The number of hydrogen-bond donors (Lipinski definition) is 1. The van der Waals surface area contributed by atoms with Crippen molar-refractivity contribution in [3.05, 3.63) is 10.6 Å². The van der Waals surface area contributed by atoms with E-state index in [1.807, 2.05) is 18.4 Å². The highest BCUT2D eigenvalue weighted by Crippen LogP contribution is 2.40. The molecule has 1 saturated heterocycles. The Balaban J connectivity index is 2.07. The number of nitrogens with zero attached hydrogens (tertiary/aromatic N) is 2. The van der Waals surface area contributed by atoms with Gasteiger partial charge in [-0.15, -0.1) is 11.3 Å². The molecule has 2 heterocycles. The van der Waals surface area contributed by atoms with Crippen molar-refractivity contribution in [3.8, 4) is 0 Å². The Morgan fingerprint density at radius 1 is 1.30 bits per heavy atom. The summed E-state index contributed by atoms with van der Waals surface area (Å²) in [5.74, 6) is 0. The van der Waals surface area contributed by atoms with Crippen LogP contribution in [0.2, 0.25) is 0 Å². The van der Waals surface area contributed by atoms with Gasteiger partial charge >= 0.3 is 0 Å². The van der Waals surface area contributed by atoms with E-state index in [1.165, 1.54) is 54.5 Å². The van der Waals surface area contributed by atoms with Crippen LogP contribution in [0.3, 0.4) is 0 Å². The molecule has 3 nitrogen and oxygen atoms in total. The largest absolute Gasteiger partial charge is 0.348 e. The van der Waals surface area contributed by atoms with E-state index in [0.29, 0.717) is 11.5 Å². The van der Waals surface area contributed by atoms with Gasteiger partial charge in [-0.1, -0.05) is 26.7 Å². The van der Waals surface area contributed by atoms with E-state index >= 15 is 0 Å². The molecule has 114 valence electrons. The van der Waals surface area contributed by atoms with Crippen molar-refractivity contribution in [3.63, 3.8) is 0 Å². The fourth-order valence-corrected chi connectivity index (χ4v) is 4.37. The summed E-state index contributed by atoms with van der Waals surface area (Å²) >= 11 is 1.87. The van der Waals surface area contributed by atoms with Crippen molar-refractivity contribution >= 4 is 16.5 Å². The second-order valence-corrected chi connectivity index (χ2v) is 7.16. The maximum atomic E-state index is 4.81. The fraction of sp³-hybridized carbons (Fsp3) is 0.812. The predicted octanol–water partition coefficient (Wildman–Crippen LogP) is 4.14. The molecule has 0 aromatic carbocycles. The summed E-state index contributed by atoms with van der Waals surface area (Å²) in [6, 6.07) is 0.399. The lowest BCUT2D eigenvalue weighted by molar-refractivity contribution is 0.199. The second-order valence-electron chi connectivity index (χ2n) is 6.15. The van der Waals surface area contributed by atoms with Crippen molar-refractivity contribution in [2.45, 2.75) is 59.4 Å². The van der Waals surface area contributed by atoms with Crippen LogP contribution in [-0.2, 0) is 0 Å². The number of hydrogen-bond acceptors (Lipinski definition) is 4. The number of thiazole rings is 1. The van der Waals surface area contributed by atoms with Crippen molar-refractivity contribution in [2.75, 3.05) is 25.0 Å². The standard InChI is InChI=1S/C16H29N3S/c1-6-16(7-2)8-10-19(11-9-16)15-18-13(4)14(20-15)12(3)17-5/h12,17H,6-11H2,1-5H3. The molecule has 1 unspecified atom stereocenters. The summed E-state index contributed by atoms with van der Waals surface area (Å²) in [6.45, 7) is 11.4. The number of aryl methyl sites for hydroxylation is 1. The van der Waals surface area contributed by atoms with E-state index in [0.717, 1.165) is 0 Å². The van der Waals surface area contributed by atoms with Crippen LogP contribution < -0.4 is 10.2 Å². The lowest BCUT2D eigenvalue weighted by Gasteiger charge is -2.41. The molecule has 1 fully saturated rings. The minimum atomic E-state index is 0.399. The van der Waals surface area contributed by atoms with Crippen LogP contribution in [0.1, 0.15) is 63.1 Å². The Morgan fingerprint density at radius 2 is 1.90 bits per heavy atom. The zero-order valence-corrected chi connectivity index (χ0v) is 14.4. The summed E-state index contributed by atoms with van der Waals surface area (Å²) in [6.07, 6.45) is 5.26. The summed E-state index contributed by atoms with van der Waals surface area (Å²) in [4.78, 5) is 8.68. The lowest BCUT2D eigenvalue weighted by atomic mass is 9.74. The Morgan fingerprint density at radius 3 is 2.40 bits per heavy atom. The number of nitrogens with one attached hydrogen (secondary N) is 1. The third kappa shape index (κ3) is 3.01. The first kappa shape index (κ1) is 15.8. The third-order valence-electron chi connectivity index (χ3n) is 5.24. The summed E-state index contributed by atoms with van der Waals surface area (Å²) in [7, 11) is 2.02. The molecule has 2 rings (SSSR count). The highest BCUT2D eigenvalue weighted by molar-refractivity contribution is 7.15. The van der Waals surface area contributed by atoms with E-state index in [1.54, 1.807) is 0 Å². The zero-order chi connectivity index (χ0) is 14.8. The van der Waals surface area contributed by atoms with Crippen LogP contribution in [0.15, 0.2) is 0 Å². The Kier molecular flexibility index (Phi) is 5.08. The molecule has 4 heteroatoms. The molecule has 0 amide bonds. The molecular formula is C16H29N3S. The SMILES string of the molecule is CCC1(CC)CCN(c2nc(C)c(C(C)NC)s2)CC1. The predicted molar refractivity (Wildman–Crippen MR) is 88.8 cm³/mol. The summed E-state index contributed by atoms with van der Waals surface area (Å²) < 4.78 is 0. The molecule has 0 aliphatic carbocycles. The van der Waals surface area contributed by atoms with Gasteiger partial charge in [-0.3, -0.25) is 0 Å². The monoisotopic (exact) mass is 295 g/mol. The second kappa shape index (κ2) is 6.44. The highest BCUT2D eigenvalue weighted by Gasteiger charge is 2.32. The van der Waals surface area contributed by atoms with Gasteiger partial charge in [-0.25, -0.2) is 4.98 Å². The van der Waals surface area contributed by atoms with E-state index in [4.69, 9.17) is 4.98 Å². The minimum Gasteiger partial charge on any atom is -0.348 e. The van der Waals surface area contributed by atoms with Crippen molar-refractivity contribution in [1.29, 1.82) is 0 Å². The molecule has 0 bridgehead atoms. The van der Waals surface area contributed by atoms with Gasteiger partial charge in [-0.05, 0) is 39.2 Å². The minimum absolute atomic E-state index is 0.399. The van der Waals surface area contributed by atoms with E-state index in [-0.39, 0.29) is 0 Å². The smallest absolute Gasteiger partial charge is 0.185 e. The number of aromatic nitrogens is 1. The van der Waals surface area contributed by atoms with Gasteiger partial charge in [0.2, 0.25) is 0 Å². The normalized spacial score (nSPS) is 20.1. The van der Waals surface area contributed by atoms with Crippen molar-refractivity contribution < 1.29 is 0 Å². The van der Waals surface area contributed by atoms with E-state index < -0.39 is 0 Å². The molecule has 1 atom stereocenters. The topological polar surface area (TPSA) is 28.2 Å². The number of anilines is 1. The quantitative estimate of drug-likeness (QED) is 0.885. The molecule has 1 aromatic heterocycles. The molecule has 0 radical (unpaired) electrons. The summed E-state index contributed by atoms with van der Waals surface area (Å²) in [5.41, 5.74) is 1.78. The van der Waals surface area contributed by atoms with Gasteiger partial charge in [0.1, 0.15) is 0 Å². The van der Waals surface area contributed by atoms with E-state index in [9.17, 15) is 0 Å². The first-order chi connectivity index (χ1) is 9.55. The fourth-order valence-electron chi connectivity index (χ4n) is 3.19. The summed E-state index contributed by atoms with van der Waals surface area (Å²) in [5, 5.41) is 4.54. The van der Waals surface area contributed by atoms with Crippen LogP contribution in [0.25, 0.3) is 0 Å². The molecule has 0 saturated carbocycles. The molecule has 0 spiro atoms. The van der Waals surface area contributed by atoms with Crippen molar-refractivity contribution in [1.82, 2.24) is 10.3 Å². The third-order valence-corrected chi connectivity index (χ3v) is 6.64. The van der Waals surface area contributed by atoms with Crippen LogP contribution in [0, 0.1) is 12.3 Å². The maximum Gasteiger partial charge on any atom is 0.185 e. The van der Waals surface area contributed by atoms with Gasteiger partial charge in [0.05, 0.1) is 5.69 Å². The first-order valence-corrected chi connectivity index (χ1v) is 8.76. The van der Waals surface area contributed by atoms with Crippen LogP contribution in [0.5, 0.6) is 0 Å². The first-order valence-electron chi connectivity index (χ1n) is 7.94. The Bertz CT molecular complexity index is 427. The Labute approximate surface area is 127 Å². The lowest BCUT2D eigenvalue weighted by Crippen LogP contribution is -2.39. The van der Waals surface area contributed by atoms with Crippen molar-refractivity contribution in [2.24, 2.45) is 5.41 Å². The van der Waals surface area contributed by atoms with Gasteiger partial charge in [-0.2, -0.15) is 0 Å². The van der Waals surface area contributed by atoms with E-state index in [2.05, 4.69) is 37.9 Å². The average molecular weight is 295 g/mol. The van der Waals surface area contributed by atoms with Crippen LogP contribution >= 0.6 is 11.3 Å². The number of piperidine rings is 1. The van der Waals surface area contributed by atoms with Crippen LogP contribution in [-0.4, -0.2) is 25.1 Å². The van der Waals surface area contributed by atoms with Gasteiger partial charge < -0.3 is 10.2 Å². The van der Waals surface area contributed by atoms with Gasteiger partial charge in [0.25, 0.3) is 0 Å². The van der Waals surface area contributed by atoms with Gasteiger partial charge in [0, 0.05) is 24.0 Å². The average Bonchev–Trinajstić information content (AvgIpc) is 2.88. The molecule has 1 aromatic rings. The highest BCUT2D eigenvalue weighted by atomic mass is 32.1. The number of rotatable bonds is 5. The zero-order valence-electron chi connectivity index (χ0n) is 13.6. The molecule has 1 N–H and O–H groups in total. The molecular weight excluding hydrogens is 266 g/mol.